The molecule has 0 aliphatic carbocycles. The van der Waals surface area contributed by atoms with Crippen LogP contribution in [-0.2, 0) is 12.8 Å². The van der Waals surface area contributed by atoms with Crippen molar-refractivity contribution in [1.82, 2.24) is 9.78 Å². The average Bonchev–Trinajstić information content (AvgIpc) is 2.84. The molecule has 0 atom stereocenters. The van der Waals surface area contributed by atoms with E-state index in [1.165, 1.54) is 18.4 Å². The minimum absolute atomic E-state index is 0.0116. The highest BCUT2D eigenvalue weighted by Gasteiger charge is 2.16. The molecule has 1 aromatic heterocycles. The second kappa shape index (κ2) is 7.95. The maximum Gasteiger partial charge on any atom is 0.251 e. The minimum Gasteiger partial charge on any atom is -0.497 e. The number of nitrogens with zero attached hydrogens (tertiary/aromatic N) is 2. The van der Waals surface area contributed by atoms with Crippen LogP contribution in [0.1, 0.15) is 53.5 Å². The molecule has 0 N–H and O–H groups in total. The van der Waals surface area contributed by atoms with Gasteiger partial charge in [0.15, 0.2) is 0 Å². The van der Waals surface area contributed by atoms with E-state index in [1.54, 1.807) is 11.8 Å². The average molecular weight is 314 g/mol. The lowest BCUT2D eigenvalue weighted by molar-refractivity contribution is 0.0895. The Kier molecular flexibility index (Phi) is 5.97. The van der Waals surface area contributed by atoms with Crippen molar-refractivity contribution >= 4 is 5.91 Å². The van der Waals surface area contributed by atoms with E-state index < -0.39 is 0 Å². The van der Waals surface area contributed by atoms with Crippen LogP contribution in [0.25, 0.3) is 0 Å². The molecule has 2 aromatic rings. The molecule has 0 saturated heterocycles. The second-order valence-corrected chi connectivity index (χ2v) is 5.94. The van der Waals surface area contributed by atoms with Crippen LogP contribution in [0.3, 0.4) is 0 Å². The van der Waals surface area contributed by atoms with E-state index in [2.05, 4.69) is 12.0 Å². The molecule has 0 amide bonds. The smallest absolute Gasteiger partial charge is 0.251 e. The monoisotopic (exact) mass is 314 g/mol. The zero-order valence-corrected chi connectivity index (χ0v) is 14.6. The van der Waals surface area contributed by atoms with Gasteiger partial charge >= 0.3 is 0 Å². The Labute approximate surface area is 138 Å². The van der Waals surface area contributed by atoms with Gasteiger partial charge in [-0.3, -0.25) is 4.79 Å². The Morgan fingerprint density at radius 1 is 1.17 bits per heavy atom. The molecule has 2 rings (SSSR count). The fraction of sp³-hybridized carbons (Fsp3) is 0.474. The van der Waals surface area contributed by atoms with Gasteiger partial charge in [-0.2, -0.15) is 5.10 Å². The van der Waals surface area contributed by atoms with Crippen molar-refractivity contribution in [2.75, 3.05) is 7.11 Å². The molecule has 4 heteroatoms. The van der Waals surface area contributed by atoms with Gasteiger partial charge < -0.3 is 4.74 Å². The molecular formula is C19H26N2O2. The molecule has 1 heterocycles. The summed E-state index contributed by atoms with van der Waals surface area (Å²) in [6.45, 7) is 6.18. The summed E-state index contributed by atoms with van der Waals surface area (Å²) in [6, 6.07) is 7.59. The summed E-state index contributed by atoms with van der Waals surface area (Å²) in [5, 5.41) is 4.46. The van der Waals surface area contributed by atoms with Crippen LogP contribution in [0.5, 0.6) is 5.75 Å². The summed E-state index contributed by atoms with van der Waals surface area (Å²) in [6.07, 6.45) is 4.91. The van der Waals surface area contributed by atoms with E-state index >= 15 is 0 Å². The van der Waals surface area contributed by atoms with Crippen LogP contribution in [0.15, 0.2) is 24.3 Å². The standard InChI is InChI=1S/C19H26N2O2/c1-5-6-7-8-18-14(2)20-21(15(18)3)19(22)13-16-9-11-17(23-4)12-10-16/h9-12H,5-8,13H2,1-4H3. The molecule has 0 spiro atoms. The van der Waals surface area contributed by atoms with Crippen molar-refractivity contribution < 1.29 is 9.53 Å². The predicted molar refractivity (Wildman–Crippen MR) is 92.3 cm³/mol. The van der Waals surface area contributed by atoms with Gasteiger partial charge in [0.25, 0.3) is 5.91 Å². The van der Waals surface area contributed by atoms with Gasteiger partial charge in [0.05, 0.1) is 19.2 Å². The van der Waals surface area contributed by atoms with Crippen LogP contribution in [0, 0.1) is 13.8 Å². The van der Waals surface area contributed by atoms with E-state index in [0.717, 1.165) is 35.5 Å². The number of rotatable bonds is 7. The molecule has 4 nitrogen and oxygen atoms in total. The Balaban J connectivity index is 2.10. The molecule has 0 saturated carbocycles. The number of benzene rings is 1. The Morgan fingerprint density at radius 3 is 2.48 bits per heavy atom. The maximum absolute atomic E-state index is 12.6. The van der Waals surface area contributed by atoms with Crippen molar-refractivity contribution in [3.05, 3.63) is 46.8 Å². The lowest BCUT2D eigenvalue weighted by atomic mass is 10.1. The number of aryl methyl sites for hydroxylation is 1. The predicted octanol–water partition coefficient (Wildman–Crippen LogP) is 4.12. The van der Waals surface area contributed by atoms with Crippen molar-refractivity contribution in [2.45, 2.75) is 52.9 Å². The lowest BCUT2D eigenvalue weighted by Crippen LogP contribution is -2.16. The number of methoxy groups -OCH3 is 1. The third-order valence-corrected chi connectivity index (χ3v) is 4.22. The van der Waals surface area contributed by atoms with Crippen molar-refractivity contribution in [3.8, 4) is 5.75 Å². The fourth-order valence-electron chi connectivity index (χ4n) is 2.82. The first kappa shape index (κ1) is 17.3. The number of hydrogen-bond acceptors (Lipinski definition) is 3. The van der Waals surface area contributed by atoms with E-state index in [1.807, 2.05) is 38.1 Å². The van der Waals surface area contributed by atoms with E-state index in [-0.39, 0.29) is 5.91 Å². The van der Waals surface area contributed by atoms with Crippen LogP contribution in [-0.4, -0.2) is 22.8 Å². The van der Waals surface area contributed by atoms with E-state index in [9.17, 15) is 4.79 Å². The highest BCUT2D eigenvalue weighted by molar-refractivity contribution is 5.81. The number of hydrogen-bond donors (Lipinski definition) is 0. The van der Waals surface area contributed by atoms with Crippen molar-refractivity contribution in [1.29, 1.82) is 0 Å². The summed E-state index contributed by atoms with van der Waals surface area (Å²) in [7, 11) is 1.64. The van der Waals surface area contributed by atoms with Crippen LogP contribution < -0.4 is 4.74 Å². The molecular weight excluding hydrogens is 288 g/mol. The maximum atomic E-state index is 12.6. The van der Waals surface area contributed by atoms with Gasteiger partial charge in [-0.15, -0.1) is 0 Å². The number of unbranched alkanes of at least 4 members (excludes halogenated alkanes) is 2. The molecule has 0 radical (unpaired) electrons. The number of carbonyl (C=O) groups excluding carboxylic acids is 1. The Bertz CT molecular complexity index is 657. The van der Waals surface area contributed by atoms with Crippen molar-refractivity contribution in [2.24, 2.45) is 0 Å². The first-order valence-electron chi connectivity index (χ1n) is 8.28. The molecule has 0 bridgehead atoms. The van der Waals surface area contributed by atoms with Gasteiger partial charge in [-0.1, -0.05) is 31.9 Å². The van der Waals surface area contributed by atoms with E-state index in [4.69, 9.17) is 4.74 Å². The summed E-state index contributed by atoms with van der Waals surface area (Å²) < 4.78 is 6.71. The SMILES string of the molecule is CCCCCc1c(C)nn(C(=O)Cc2ccc(OC)cc2)c1C. The molecule has 124 valence electrons. The van der Waals surface area contributed by atoms with Gasteiger partial charge in [-0.05, 0) is 49.9 Å². The molecule has 0 unspecified atom stereocenters. The quantitative estimate of drug-likeness (QED) is 0.722. The van der Waals surface area contributed by atoms with Crippen molar-refractivity contribution in [3.63, 3.8) is 0 Å². The summed E-state index contributed by atoms with van der Waals surface area (Å²) in [5.41, 5.74) is 4.15. The Morgan fingerprint density at radius 2 is 1.87 bits per heavy atom. The highest BCUT2D eigenvalue weighted by atomic mass is 16.5. The molecule has 23 heavy (non-hydrogen) atoms. The third-order valence-electron chi connectivity index (χ3n) is 4.22. The van der Waals surface area contributed by atoms with Crippen LogP contribution in [0.4, 0.5) is 0 Å². The first-order valence-corrected chi connectivity index (χ1v) is 8.28. The lowest BCUT2D eigenvalue weighted by Gasteiger charge is -2.06. The van der Waals surface area contributed by atoms with Gasteiger partial charge in [-0.25, -0.2) is 4.68 Å². The highest BCUT2D eigenvalue weighted by Crippen LogP contribution is 2.18. The fourth-order valence-corrected chi connectivity index (χ4v) is 2.82. The first-order chi connectivity index (χ1) is 11.1. The number of ether oxygens (including phenoxy) is 1. The third kappa shape index (κ3) is 4.21. The summed E-state index contributed by atoms with van der Waals surface area (Å²) >= 11 is 0. The minimum atomic E-state index is 0.0116. The topological polar surface area (TPSA) is 44.1 Å². The van der Waals surface area contributed by atoms with Crippen LogP contribution >= 0.6 is 0 Å². The van der Waals surface area contributed by atoms with E-state index in [0.29, 0.717) is 6.42 Å². The summed E-state index contributed by atoms with van der Waals surface area (Å²) in [5.74, 6) is 0.808. The number of carbonyl (C=O) groups is 1. The van der Waals surface area contributed by atoms with Gasteiger partial charge in [0.2, 0.25) is 0 Å². The zero-order valence-electron chi connectivity index (χ0n) is 14.6. The normalized spacial score (nSPS) is 10.8. The van der Waals surface area contributed by atoms with Gasteiger partial charge in [0.1, 0.15) is 5.75 Å². The summed E-state index contributed by atoms with van der Waals surface area (Å²) in [4.78, 5) is 12.6. The number of aromatic nitrogens is 2. The Hall–Kier alpha value is -2.10. The second-order valence-electron chi connectivity index (χ2n) is 5.94. The molecule has 0 fully saturated rings. The van der Waals surface area contributed by atoms with Gasteiger partial charge in [0, 0.05) is 5.69 Å². The molecule has 0 aliphatic rings. The van der Waals surface area contributed by atoms with Crippen LogP contribution in [0.2, 0.25) is 0 Å². The zero-order chi connectivity index (χ0) is 16.8. The molecule has 1 aromatic carbocycles. The molecule has 0 aliphatic heterocycles. The largest absolute Gasteiger partial charge is 0.497 e.